The van der Waals surface area contributed by atoms with Gasteiger partial charge in [-0.15, -0.1) is 11.3 Å². The molecule has 0 spiro atoms. The van der Waals surface area contributed by atoms with Gasteiger partial charge in [0.05, 0.1) is 9.77 Å². The van der Waals surface area contributed by atoms with Gasteiger partial charge >= 0.3 is 0 Å². The lowest BCUT2D eigenvalue weighted by atomic mass is 9.95. The van der Waals surface area contributed by atoms with Crippen LogP contribution in [0.5, 0.6) is 0 Å². The molecule has 0 radical (unpaired) electrons. The normalized spacial score (nSPS) is 12.4. The van der Waals surface area contributed by atoms with E-state index in [1.165, 1.54) is 23.5 Å². The SMILES string of the molecule is CC(C)(C)c1ccc(C(=O)c2cccc(S(C)(=O)=O)c2)s1. The smallest absolute Gasteiger partial charge is 0.202 e. The Labute approximate surface area is 129 Å². The summed E-state index contributed by atoms with van der Waals surface area (Å²) in [5, 5.41) is 0. The first-order valence-electron chi connectivity index (χ1n) is 6.54. The summed E-state index contributed by atoms with van der Waals surface area (Å²) in [5.41, 5.74) is 0.401. The molecule has 0 aliphatic heterocycles. The zero-order chi connectivity index (χ0) is 15.8. The second-order valence-electron chi connectivity index (χ2n) is 6.04. The summed E-state index contributed by atoms with van der Waals surface area (Å²) in [4.78, 5) is 14.4. The van der Waals surface area contributed by atoms with Crippen molar-refractivity contribution in [3.63, 3.8) is 0 Å². The van der Waals surface area contributed by atoms with Crippen LogP contribution in [0.15, 0.2) is 41.3 Å². The molecule has 0 saturated heterocycles. The van der Waals surface area contributed by atoms with Crippen LogP contribution in [0.1, 0.15) is 40.9 Å². The van der Waals surface area contributed by atoms with Gasteiger partial charge in [-0.3, -0.25) is 4.79 Å². The quantitative estimate of drug-likeness (QED) is 0.810. The zero-order valence-corrected chi connectivity index (χ0v) is 14.1. The van der Waals surface area contributed by atoms with Gasteiger partial charge in [-0.2, -0.15) is 0 Å². The van der Waals surface area contributed by atoms with Crippen molar-refractivity contribution in [3.8, 4) is 0 Å². The minimum Gasteiger partial charge on any atom is -0.288 e. The molecule has 2 aromatic rings. The number of carbonyl (C=O) groups excluding carboxylic acids is 1. The van der Waals surface area contributed by atoms with Gasteiger partial charge in [0, 0.05) is 16.7 Å². The Morgan fingerprint density at radius 3 is 2.29 bits per heavy atom. The molecule has 0 bridgehead atoms. The zero-order valence-electron chi connectivity index (χ0n) is 12.5. The highest BCUT2D eigenvalue weighted by Gasteiger charge is 2.20. The first-order chi connectivity index (χ1) is 9.59. The number of hydrogen-bond acceptors (Lipinski definition) is 4. The predicted octanol–water partition coefficient (Wildman–Crippen LogP) is 3.68. The van der Waals surface area contributed by atoms with Crippen molar-refractivity contribution < 1.29 is 13.2 Å². The second-order valence-corrected chi connectivity index (χ2v) is 9.14. The Kier molecular flexibility index (Phi) is 4.08. The van der Waals surface area contributed by atoms with E-state index in [1.54, 1.807) is 18.2 Å². The van der Waals surface area contributed by atoms with E-state index in [-0.39, 0.29) is 16.1 Å². The van der Waals surface area contributed by atoms with E-state index >= 15 is 0 Å². The first-order valence-corrected chi connectivity index (χ1v) is 9.25. The third-order valence-corrected chi connectivity index (χ3v) is 5.71. The molecule has 0 fully saturated rings. The van der Waals surface area contributed by atoms with E-state index < -0.39 is 9.84 Å². The average Bonchev–Trinajstić information content (AvgIpc) is 2.86. The van der Waals surface area contributed by atoms with E-state index in [2.05, 4.69) is 20.8 Å². The van der Waals surface area contributed by atoms with Gasteiger partial charge in [-0.05, 0) is 29.7 Å². The van der Waals surface area contributed by atoms with Crippen LogP contribution >= 0.6 is 11.3 Å². The van der Waals surface area contributed by atoms with Gasteiger partial charge in [0.1, 0.15) is 0 Å². The second kappa shape index (κ2) is 5.39. The summed E-state index contributed by atoms with van der Waals surface area (Å²) in [5.74, 6) is -0.138. The van der Waals surface area contributed by atoms with E-state index in [0.29, 0.717) is 10.4 Å². The van der Waals surface area contributed by atoms with E-state index in [1.807, 2.05) is 6.07 Å². The van der Waals surface area contributed by atoms with Crippen molar-refractivity contribution in [2.45, 2.75) is 31.1 Å². The largest absolute Gasteiger partial charge is 0.288 e. The highest BCUT2D eigenvalue weighted by Crippen LogP contribution is 2.30. The number of hydrogen-bond donors (Lipinski definition) is 0. The predicted molar refractivity (Wildman–Crippen MR) is 86.0 cm³/mol. The van der Waals surface area contributed by atoms with Crippen LogP contribution in [-0.2, 0) is 15.3 Å². The number of carbonyl (C=O) groups is 1. The summed E-state index contributed by atoms with van der Waals surface area (Å²) in [7, 11) is -3.31. The summed E-state index contributed by atoms with van der Waals surface area (Å²) in [6, 6.07) is 9.95. The molecular weight excluding hydrogens is 304 g/mol. The number of rotatable bonds is 3. The average molecular weight is 322 g/mol. The van der Waals surface area contributed by atoms with Crippen molar-refractivity contribution in [1.82, 2.24) is 0 Å². The fourth-order valence-corrected chi connectivity index (χ4v) is 3.57. The van der Waals surface area contributed by atoms with Crippen LogP contribution in [0.2, 0.25) is 0 Å². The molecule has 5 heteroatoms. The molecule has 0 aliphatic rings. The van der Waals surface area contributed by atoms with Gasteiger partial charge in [0.25, 0.3) is 0 Å². The van der Waals surface area contributed by atoms with Crippen molar-refractivity contribution in [2.24, 2.45) is 0 Å². The molecule has 0 N–H and O–H groups in total. The first kappa shape index (κ1) is 15.9. The van der Waals surface area contributed by atoms with Gasteiger partial charge < -0.3 is 0 Å². The summed E-state index contributed by atoms with van der Waals surface area (Å²) in [6.45, 7) is 6.28. The lowest BCUT2D eigenvalue weighted by molar-refractivity contribution is 0.104. The summed E-state index contributed by atoms with van der Waals surface area (Å²) < 4.78 is 23.1. The molecule has 1 aromatic carbocycles. The third-order valence-electron chi connectivity index (χ3n) is 3.09. The Morgan fingerprint density at radius 2 is 1.76 bits per heavy atom. The van der Waals surface area contributed by atoms with E-state index in [4.69, 9.17) is 0 Å². The molecular formula is C16H18O3S2. The number of sulfone groups is 1. The van der Waals surface area contributed by atoms with Crippen molar-refractivity contribution in [3.05, 3.63) is 51.7 Å². The molecule has 0 saturated carbocycles. The molecule has 2 rings (SSSR count). The number of ketones is 1. The van der Waals surface area contributed by atoms with Crippen LogP contribution in [0.3, 0.4) is 0 Å². The van der Waals surface area contributed by atoms with Crippen LogP contribution in [0, 0.1) is 0 Å². The highest BCUT2D eigenvalue weighted by atomic mass is 32.2. The van der Waals surface area contributed by atoms with Gasteiger partial charge in [-0.25, -0.2) is 8.42 Å². The fourth-order valence-electron chi connectivity index (χ4n) is 1.87. The minimum absolute atomic E-state index is 0.00218. The molecule has 0 atom stereocenters. The molecule has 0 aliphatic carbocycles. The lowest BCUT2D eigenvalue weighted by Crippen LogP contribution is -2.08. The van der Waals surface area contributed by atoms with Gasteiger partial charge in [0.2, 0.25) is 5.78 Å². The van der Waals surface area contributed by atoms with Crippen LogP contribution in [-0.4, -0.2) is 20.5 Å². The lowest BCUT2D eigenvalue weighted by Gasteiger charge is -2.15. The van der Waals surface area contributed by atoms with Crippen LogP contribution in [0.25, 0.3) is 0 Å². The molecule has 21 heavy (non-hydrogen) atoms. The standard InChI is InChI=1S/C16H18O3S2/c1-16(2,3)14-9-8-13(20-14)15(17)11-6-5-7-12(10-11)21(4,18)19/h5-10H,1-4H3. The molecule has 3 nitrogen and oxygen atoms in total. The maximum atomic E-state index is 12.5. The molecule has 0 unspecified atom stereocenters. The maximum absolute atomic E-state index is 12.5. The van der Waals surface area contributed by atoms with Crippen molar-refractivity contribution >= 4 is 27.0 Å². The molecule has 1 aromatic heterocycles. The molecule has 0 amide bonds. The molecule has 1 heterocycles. The van der Waals surface area contributed by atoms with Crippen LogP contribution < -0.4 is 0 Å². The summed E-state index contributed by atoms with van der Waals surface area (Å²) in [6.07, 6.45) is 1.14. The number of benzene rings is 1. The van der Waals surface area contributed by atoms with Crippen molar-refractivity contribution in [2.75, 3.05) is 6.26 Å². The third kappa shape index (κ3) is 3.60. The monoisotopic (exact) mass is 322 g/mol. The maximum Gasteiger partial charge on any atom is 0.202 e. The summed E-state index contributed by atoms with van der Waals surface area (Å²) >= 11 is 1.46. The number of thiophene rings is 1. The van der Waals surface area contributed by atoms with Gasteiger partial charge in [-0.1, -0.05) is 32.9 Å². The Hall–Kier alpha value is -1.46. The van der Waals surface area contributed by atoms with E-state index in [9.17, 15) is 13.2 Å². The Balaban J connectivity index is 2.39. The topological polar surface area (TPSA) is 51.2 Å². The highest BCUT2D eigenvalue weighted by molar-refractivity contribution is 7.90. The van der Waals surface area contributed by atoms with E-state index in [0.717, 1.165) is 11.1 Å². The Morgan fingerprint density at radius 1 is 1.10 bits per heavy atom. The van der Waals surface area contributed by atoms with Crippen molar-refractivity contribution in [1.29, 1.82) is 0 Å². The Bertz CT molecular complexity index is 778. The molecule has 112 valence electrons. The fraction of sp³-hybridized carbons (Fsp3) is 0.312. The minimum atomic E-state index is -3.31. The van der Waals surface area contributed by atoms with Crippen LogP contribution in [0.4, 0.5) is 0 Å². The van der Waals surface area contributed by atoms with Gasteiger partial charge in [0.15, 0.2) is 9.84 Å².